The zero-order valence-electron chi connectivity index (χ0n) is 10.6. The van der Waals surface area contributed by atoms with E-state index >= 15 is 0 Å². The number of aromatic hydroxyl groups is 1. The maximum absolute atomic E-state index is 12.4. The van der Waals surface area contributed by atoms with Crippen LogP contribution >= 0.6 is 0 Å². The predicted molar refractivity (Wildman–Crippen MR) is 69.3 cm³/mol. The summed E-state index contributed by atoms with van der Waals surface area (Å²) >= 11 is 0. The van der Waals surface area contributed by atoms with Crippen molar-refractivity contribution in [2.45, 2.75) is 19.8 Å². The van der Waals surface area contributed by atoms with Crippen LogP contribution in [0, 0.1) is 6.92 Å². The lowest BCUT2D eigenvalue weighted by atomic mass is 10.0. The summed E-state index contributed by atoms with van der Waals surface area (Å²) < 4.78 is 4.93. The van der Waals surface area contributed by atoms with E-state index in [9.17, 15) is 9.90 Å². The largest absolute Gasteiger partial charge is 0.506 e. The Kier molecular flexibility index (Phi) is 2.74. The molecule has 0 atom stereocenters. The number of carbonyl (C=O) groups is 1. The molecule has 2 heterocycles. The first-order valence-corrected chi connectivity index (χ1v) is 6.23. The fourth-order valence-corrected chi connectivity index (χ4v) is 2.44. The molecular weight excluding hydrogens is 244 g/mol. The van der Waals surface area contributed by atoms with Crippen LogP contribution in [0.1, 0.15) is 28.2 Å². The number of rotatable bonds is 1. The number of phenolic OH excluding ortho intramolecular Hbond substituents is 1. The zero-order chi connectivity index (χ0) is 13.4. The monoisotopic (exact) mass is 258 g/mol. The molecule has 0 bridgehead atoms. The Morgan fingerprint density at radius 1 is 1.47 bits per heavy atom. The number of anilines is 1. The number of benzene rings is 1. The Balaban J connectivity index is 2.02. The first kappa shape index (κ1) is 11.8. The highest BCUT2D eigenvalue weighted by Gasteiger charge is 2.27. The first-order valence-electron chi connectivity index (χ1n) is 6.23. The number of phenols is 1. The molecule has 0 saturated heterocycles. The summed E-state index contributed by atoms with van der Waals surface area (Å²) in [5.41, 5.74) is 1.85. The highest BCUT2D eigenvalue weighted by atomic mass is 16.5. The third kappa shape index (κ3) is 1.97. The number of para-hydroxylation sites is 1. The van der Waals surface area contributed by atoms with Crippen molar-refractivity contribution in [3.8, 4) is 5.75 Å². The van der Waals surface area contributed by atoms with Gasteiger partial charge in [0.25, 0.3) is 5.91 Å². The van der Waals surface area contributed by atoms with Crippen molar-refractivity contribution in [3.63, 3.8) is 0 Å². The molecule has 0 unspecified atom stereocenters. The van der Waals surface area contributed by atoms with E-state index in [1.165, 1.54) is 0 Å². The quantitative estimate of drug-likeness (QED) is 0.852. The van der Waals surface area contributed by atoms with Crippen LogP contribution in [0.25, 0.3) is 0 Å². The molecule has 0 saturated carbocycles. The van der Waals surface area contributed by atoms with Crippen LogP contribution in [-0.4, -0.2) is 22.7 Å². The number of carbonyl (C=O) groups excluding carboxylic acids is 1. The van der Waals surface area contributed by atoms with Crippen molar-refractivity contribution in [3.05, 3.63) is 41.3 Å². The van der Waals surface area contributed by atoms with E-state index in [-0.39, 0.29) is 17.4 Å². The number of amides is 1. The van der Waals surface area contributed by atoms with Gasteiger partial charge in [-0.15, -0.1) is 0 Å². The molecule has 1 aromatic carbocycles. The van der Waals surface area contributed by atoms with Crippen molar-refractivity contribution >= 4 is 11.6 Å². The second kappa shape index (κ2) is 4.42. The molecule has 2 aromatic rings. The molecule has 0 radical (unpaired) electrons. The minimum atomic E-state index is -0.237. The molecule has 1 aliphatic rings. The zero-order valence-corrected chi connectivity index (χ0v) is 10.6. The van der Waals surface area contributed by atoms with Crippen LogP contribution in [0.2, 0.25) is 0 Å². The third-order valence-corrected chi connectivity index (χ3v) is 3.29. The normalized spacial score (nSPS) is 14.3. The second-order valence-electron chi connectivity index (χ2n) is 4.67. The highest BCUT2D eigenvalue weighted by Crippen LogP contribution is 2.36. The molecule has 19 heavy (non-hydrogen) atoms. The van der Waals surface area contributed by atoms with Gasteiger partial charge in [-0.3, -0.25) is 4.79 Å². The number of aromatic nitrogens is 1. The Labute approximate surface area is 110 Å². The van der Waals surface area contributed by atoms with Crippen LogP contribution in [0.3, 0.4) is 0 Å². The smallest absolute Gasteiger partial charge is 0.280 e. The molecule has 1 N–H and O–H groups in total. The number of hydrogen-bond acceptors (Lipinski definition) is 4. The van der Waals surface area contributed by atoms with Crippen molar-refractivity contribution in [2.24, 2.45) is 0 Å². The molecule has 1 amide bonds. The van der Waals surface area contributed by atoms with E-state index in [0.717, 1.165) is 18.4 Å². The first-order chi connectivity index (χ1) is 9.16. The number of aryl methyl sites for hydroxylation is 2. The fraction of sp³-hybridized carbons (Fsp3) is 0.286. The van der Waals surface area contributed by atoms with Crippen LogP contribution in [-0.2, 0) is 6.42 Å². The minimum absolute atomic E-state index is 0.130. The van der Waals surface area contributed by atoms with Crippen LogP contribution in [0.5, 0.6) is 5.75 Å². The summed E-state index contributed by atoms with van der Waals surface area (Å²) in [7, 11) is 0. The van der Waals surface area contributed by atoms with Gasteiger partial charge in [0, 0.05) is 12.6 Å². The molecule has 5 nitrogen and oxygen atoms in total. The lowest BCUT2D eigenvalue weighted by Crippen LogP contribution is -2.35. The van der Waals surface area contributed by atoms with Crippen molar-refractivity contribution in [2.75, 3.05) is 11.4 Å². The van der Waals surface area contributed by atoms with E-state index in [1.807, 2.05) is 6.07 Å². The summed E-state index contributed by atoms with van der Waals surface area (Å²) in [6.45, 7) is 2.32. The molecule has 1 aromatic heterocycles. The van der Waals surface area contributed by atoms with Crippen molar-refractivity contribution in [1.29, 1.82) is 0 Å². The molecular formula is C14H14N2O3. The average molecular weight is 258 g/mol. The molecule has 98 valence electrons. The van der Waals surface area contributed by atoms with Gasteiger partial charge in [0.15, 0.2) is 5.69 Å². The Morgan fingerprint density at radius 2 is 2.32 bits per heavy atom. The number of nitrogens with zero attached hydrogens (tertiary/aromatic N) is 2. The summed E-state index contributed by atoms with van der Waals surface area (Å²) in [6.07, 6.45) is 1.74. The third-order valence-electron chi connectivity index (χ3n) is 3.29. The maximum Gasteiger partial charge on any atom is 0.280 e. The molecule has 0 fully saturated rings. The lowest BCUT2D eigenvalue weighted by molar-refractivity contribution is 0.0975. The van der Waals surface area contributed by atoms with Gasteiger partial charge in [0.1, 0.15) is 11.5 Å². The van der Waals surface area contributed by atoms with Crippen molar-refractivity contribution in [1.82, 2.24) is 5.16 Å². The SMILES string of the molecule is Cc1cc(C(=O)N2CCCc3cccc(O)c32)no1. The van der Waals surface area contributed by atoms with Gasteiger partial charge in [-0.25, -0.2) is 0 Å². The number of hydrogen-bond donors (Lipinski definition) is 1. The Bertz CT molecular complexity index is 633. The number of fused-ring (bicyclic) bond motifs is 1. The van der Waals surface area contributed by atoms with Gasteiger partial charge in [0.2, 0.25) is 0 Å². The molecule has 0 spiro atoms. The van der Waals surface area contributed by atoms with Gasteiger partial charge in [-0.1, -0.05) is 17.3 Å². The Morgan fingerprint density at radius 3 is 3.05 bits per heavy atom. The van der Waals surface area contributed by atoms with E-state index in [1.54, 1.807) is 30.0 Å². The summed E-state index contributed by atoms with van der Waals surface area (Å²) in [5.74, 6) is 0.489. The predicted octanol–water partition coefficient (Wildman–Crippen LogP) is 2.28. The molecule has 0 aliphatic carbocycles. The molecule has 1 aliphatic heterocycles. The minimum Gasteiger partial charge on any atom is -0.506 e. The van der Waals surface area contributed by atoms with E-state index < -0.39 is 0 Å². The van der Waals surface area contributed by atoms with Gasteiger partial charge >= 0.3 is 0 Å². The van der Waals surface area contributed by atoms with Gasteiger partial charge in [-0.2, -0.15) is 0 Å². The van der Waals surface area contributed by atoms with Gasteiger partial charge < -0.3 is 14.5 Å². The van der Waals surface area contributed by atoms with Gasteiger partial charge in [0.05, 0.1) is 5.69 Å². The van der Waals surface area contributed by atoms with Gasteiger partial charge in [-0.05, 0) is 31.4 Å². The highest BCUT2D eigenvalue weighted by molar-refractivity contribution is 6.06. The summed E-state index contributed by atoms with van der Waals surface area (Å²) in [6, 6.07) is 6.93. The van der Waals surface area contributed by atoms with E-state index in [4.69, 9.17) is 4.52 Å². The van der Waals surface area contributed by atoms with E-state index in [0.29, 0.717) is 18.0 Å². The molecule has 5 heteroatoms. The lowest BCUT2D eigenvalue weighted by Gasteiger charge is -2.29. The average Bonchev–Trinajstić information content (AvgIpc) is 2.84. The second-order valence-corrected chi connectivity index (χ2v) is 4.67. The summed E-state index contributed by atoms with van der Waals surface area (Å²) in [5, 5.41) is 13.7. The molecule has 3 rings (SSSR count). The maximum atomic E-state index is 12.4. The van der Waals surface area contributed by atoms with E-state index in [2.05, 4.69) is 5.16 Å². The Hall–Kier alpha value is -2.30. The van der Waals surface area contributed by atoms with Crippen LogP contribution in [0.15, 0.2) is 28.8 Å². The van der Waals surface area contributed by atoms with Crippen LogP contribution < -0.4 is 4.90 Å². The summed E-state index contributed by atoms with van der Waals surface area (Å²) in [4.78, 5) is 14.0. The topological polar surface area (TPSA) is 66.6 Å². The van der Waals surface area contributed by atoms with Crippen LogP contribution in [0.4, 0.5) is 5.69 Å². The standard InChI is InChI=1S/C14H14N2O3/c1-9-8-11(15-19-9)14(18)16-7-3-5-10-4-2-6-12(17)13(10)16/h2,4,6,8,17H,3,5,7H2,1H3. The fourth-order valence-electron chi connectivity index (χ4n) is 2.44. The van der Waals surface area contributed by atoms with Crippen molar-refractivity contribution < 1.29 is 14.4 Å².